The SMILES string of the molecule is Cc1cc(F)cc(C(=O)CSC2CCCC2)c1. The van der Waals surface area contributed by atoms with E-state index in [0.29, 0.717) is 16.6 Å². The highest BCUT2D eigenvalue weighted by atomic mass is 32.2. The summed E-state index contributed by atoms with van der Waals surface area (Å²) in [5.74, 6) is 0.205. The minimum Gasteiger partial charge on any atom is -0.293 e. The first-order valence-corrected chi connectivity index (χ1v) is 7.12. The number of ketones is 1. The molecule has 3 heteroatoms. The Morgan fingerprint density at radius 1 is 1.35 bits per heavy atom. The Kier molecular flexibility index (Phi) is 4.21. The molecule has 1 aliphatic carbocycles. The second-order valence-corrected chi connectivity index (χ2v) is 5.95. The Morgan fingerprint density at radius 2 is 2.06 bits per heavy atom. The van der Waals surface area contributed by atoms with Crippen LogP contribution in [0.3, 0.4) is 0 Å². The van der Waals surface area contributed by atoms with Gasteiger partial charge in [0.25, 0.3) is 0 Å². The van der Waals surface area contributed by atoms with Crippen molar-refractivity contribution in [2.75, 3.05) is 5.75 Å². The first-order valence-electron chi connectivity index (χ1n) is 6.07. The van der Waals surface area contributed by atoms with Gasteiger partial charge in [-0.15, -0.1) is 0 Å². The quantitative estimate of drug-likeness (QED) is 0.754. The van der Waals surface area contributed by atoms with Crippen molar-refractivity contribution >= 4 is 17.5 Å². The maximum absolute atomic E-state index is 13.2. The minimum absolute atomic E-state index is 0.0458. The maximum Gasteiger partial charge on any atom is 0.172 e. The lowest BCUT2D eigenvalue weighted by atomic mass is 10.1. The summed E-state index contributed by atoms with van der Waals surface area (Å²) in [7, 11) is 0. The molecule has 1 aromatic carbocycles. The summed E-state index contributed by atoms with van der Waals surface area (Å²) in [5.41, 5.74) is 1.31. The summed E-state index contributed by atoms with van der Waals surface area (Å²) in [4.78, 5) is 11.9. The molecule has 2 rings (SSSR count). The fraction of sp³-hybridized carbons (Fsp3) is 0.500. The second-order valence-electron chi connectivity index (χ2n) is 4.66. The molecule has 0 unspecified atom stereocenters. The highest BCUT2D eigenvalue weighted by Crippen LogP contribution is 2.29. The number of benzene rings is 1. The van der Waals surface area contributed by atoms with Crippen LogP contribution in [0.1, 0.15) is 41.6 Å². The van der Waals surface area contributed by atoms with E-state index in [9.17, 15) is 9.18 Å². The molecular formula is C14H17FOS. The van der Waals surface area contributed by atoms with Crippen molar-refractivity contribution in [1.82, 2.24) is 0 Å². The highest BCUT2D eigenvalue weighted by molar-refractivity contribution is 8.00. The molecule has 0 radical (unpaired) electrons. The third kappa shape index (κ3) is 3.56. The zero-order valence-electron chi connectivity index (χ0n) is 10.0. The Labute approximate surface area is 106 Å². The van der Waals surface area contributed by atoms with E-state index in [1.807, 2.05) is 6.92 Å². The van der Waals surface area contributed by atoms with E-state index in [1.165, 1.54) is 37.8 Å². The van der Waals surface area contributed by atoms with E-state index < -0.39 is 0 Å². The summed E-state index contributed by atoms with van der Waals surface area (Å²) < 4.78 is 13.2. The normalized spacial score (nSPS) is 16.4. The van der Waals surface area contributed by atoms with Gasteiger partial charge in [-0.3, -0.25) is 4.79 Å². The van der Waals surface area contributed by atoms with Crippen LogP contribution in [0.5, 0.6) is 0 Å². The fourth-order valence-corrected chi connectivity index (χ4v) is 3.45. The lowest BCUT2D eigenvalue weighted by Gasteiger charge is -2.08. The average molecular weight is 252 g/mol. The van der Waals surface area contributed by atoms with Crippen molar-refractivity contribution < 1.29 is 9.18 Å². The lowest BCUT2D eigenvalue weighted by Crippen LogP contribution is -2.07. The number of aryl methyl sites for hydroxylation is 1. The second kappa shape index (κ2) is 5.67. The Bertz CT molecular complexity index is 390. The summed E-state index contributed by atoms with van der Waals surface area (Å²) >= 11 is 1.73. The van der Waals surface area contributed by atoms with Gasteiger partial charge in [-0.25, -0.2) is 4.39 Å². The largest absolute Gasteiger partial charge is 0.293 e. The smallest absolute Gasteiger partial charge is 0.172 e. The standard InChI is InChI=1S/C14H17FOS/c1-10-6-11(8-12(15)7-10)14(16)9-17-13-4-2-3-5-13/h6-8,13H,2-5,9H2,1H3. The van der Waals surface area contributed by atoms with Gasteiger partial charge in [0.15, 0.2) is 5.78 Å². The fourth-order valence-electron chi connectivity index (χ4n) is 2.23. The van der Waals surface area contributed by atoms with Crippen LogP contribution in [0.25, 0.3) is 0 Å². The van der Waals surface area contributed by atoms with E-state index in [4.69, 9.17) is 0 Å². The molecule has 1 saturated carbocycles. The first kappa shape index (κ1) is 12.6. The molecule has 1 aliphatic rings. The molecule has 0 saturated heterocycles. The molecule has 0 amide bonds. The number of hydrogen-bond acceptors (Lipinski definition) is 2. The van der Waals surface area contributed by atoms with Crippen molar-refractivity contribution in [1.29, 1.82) is 0 Å². The monoisotopic (exact) mass is 252 g/mol. The van der Waals surface area contributed by atoms with Crippen molar-refractivity contribution in [2.45, 2.75) is 37.9 Å². The summed E-state index contributed by atoms with van der Waals surface area (Å²) in [6.07, 6.45) is 5.01. The van der Waals surface area contributed by atoms with Gasteiger partial charge < -0.3 is 0 Å². The molecule has 1 fully saturated rings. The van der Waals surface area contributed by atoms with E-state index in [-0.39, 0.29) is 11.6 Å². The number of carbonyl (C=O) groups excluding carboxylic acids is 1. The van der Waals surface area contributed by atoms with Crippen LogP contribution in [-0.4, -0.2) is 16.8 Å². The van der Waals surface area contributed by atoms with Crippen LogP contribution < -0.4 is 0 Å². The van der Waals surface area contributed by atoms with Gasteiger partial charge in [-0.2, -0.15) is 11.8 Å². The molecule has 0 aromatic heterocycles. The van der Waals surface area contributed by atoms with E-state index >= 15 is 0 Å². The number of carbonyl (C=O) groups is 1. The van der Waals surface area contributed by atoms with Gasteiger partial charge in [0, 0.05) is 10.8 Å². The van der Waals surface area contributed by atoms with Crippen LogP contribution in [0.2, 0.25) is 0 Å². The van der Waals surface area contributed by atoms with Crippen molar-refractivity contribution in [3.05, 3.63) is 35.1 Å². The van der Waals surface area contributed by atoms with E-state index in [1.54, 1.807) is 17.8 Å². The zero-order valence-corrected chi connectivity index (χ0v) is 10.9. The van der Waals surface area contributed by atoms with Crippen molar-refractivity contribution in [3.63, 3.8) is 0 Å². The summed E-state index contributed by atoms with van der Waals surface area (Å²) in [6, 6.07) is 4.55. The van der Waals surface area contributed by atoms with Gasteiger partial charge in [-0.05, 0) is 43.5 Å². The van der Waals surface area contributed by atoms with Crippen LogP contribution in [0.15, 0.2) is 18.2 Å². The number of Topliss-reactive ketones (excluding diaryl/α,β-unsaturated/α-hetero) is 1. The van der Waals surface area contributed by atoms with E-state index in [0.717, 1.165) is 5.56 Å². The number of halogens is 1. The van der Waals surface area contributed by atoms with Crippen LogP contribution >= 0.6 is 11.8 Å². The molecule has 92 valence electrons. The minimum atomic E-state index is -0.320. The third-order valence-electron chi connectivity index (χ3n) is 3.12. The third-order valence-corrected chi connectivity index (χ3v) is 4.49. The Balaban J connectivity index is 1.94. The zero-order chi connectivity index (χ0) is 12.3. The molecule has 1 aromatic rings. The van der Waals surface area contributed by atoms with Gasteiger partial charge >= 0.3 is 0 Å². The molecule has 17 heavy (non-hydrogen) atoms. The predicted molar refractivity (Wildman–Crippen MR) is 70.2 cm³/mol. The van der Waals surface area contributed by atoms with Crippen molar-refractivity contribution in [3.8, 4) is 0 Å². The predicted octanol–water partition coefficient (Wildman–Crippen LogP) is 3.99. The summed E-state index contributed by atoms with van der Waals surface area (Å²) in [5, 5.41) is 0.633. The molecule has 0 atom stereocenters. The Hall–Kier alpha value is -0.830. The average Bonchev–Trinajstić information content (AvgIpc) is 2.77. The molecule has 0 spiro atoms. The molecule has 1 nitrogen and oxygen atoms in total. The molecule has 0 N–H and O–H groups in total. The van der Waals surface area contributed by atoms with Crippen LogP contribution in [0.4, 0.5) is 4.39 Å². The highest BCUT2D eigenvalue weighted by Gasteiger charge is 2.17. The van der Waals surface area contributed by atoms with Gasteiger partial charge in [0.2, 0.25) is 0 Å². The molecule has 0 heterocycles. The van der Waals surface area contributed by atoms with Crippen LogP contribution in [0, 0.1) is 12.7 Å². The van der Waals surface area contributed by atoms with Gasteiger partial charge in [-0.1, -0.05) is 12.8 Å². The van der Waals surface area contributed by atoms with Crippen molar-refractivity contribution in [2.24, 2.45) is 0 Å². The van der Waals surface area contributed by atoms with Gasteiger partial charge in [0.1, 0.15) is 5.82 Å². The Morgan fingerprint density at radius 3 is 2.71 bits per heavy atom. The topological polar surface area (TPSA) is 17.1 Å². The van der Waals surface area contributed by atoms with Crippen LogP contribution in [-0.2, 0) is 0 Å². The lowest BCUT2D eigenvalue weighted by molar-refractivity contribution is 0.102. The molecule has 0 bridgehead atoms. The van der Waals surface area contributed by atoms with E-state index in [2.05, 4.69) is 0 Å². The maximum atomic E-state index is 13.2. The molecular weight excluding hydrogens is 235 g/mol. The molecule has 0 aliphatic heterocycles. The number of thioether (sulfide) groups is 1. The van der Waals surface area contributed by atoms with Gasteiger partial charge in [0.05, 0.1) is 5.75 Å². The first-order chi connectivity index (χ1) is 8.15. The number of hydrogen-bond donors (Lipinski definition) is 0. The summed E-state index contributed by atoms with van der Waals surface area (Å²) in [6.45, 7) is 1.81. The number of rotatable bonds is 4.